The van der Waals surface area contributed by atoms with Crippen LogP contribution in [0, 0.1) is 5.82 Å². The molecule has 2 unspecified atom stereocenters. The maximum absolute atomic E-state index is 13.7. The fourth-order valence-corrected chi connectivity index (χ4v) is 3.75. The number of amides is 1. The Morgan fingerprint density at radius 1 is 1.28 bits per heavy atom. The minimum absolute atomic E-state index is 0.0825. The molecular weight excluding hydrogens is 321 g/mol. The highest BCUT2D eigenvalue weighted by molar-refractivity contribution is 5.70. The van der Waals surface area contributed by atoms with Crippen LogP contribution in [0.3, 0.4) is 0 Å². The monoisotopic (exact) mass is 347 g/mol. The first-order valence-electron chi connectivity index (χ1n) is 8.79. The molecule has 1 aromatic rings. The van der Waals surface area contributed by atoms with Crippen molar-refractivity contribution in [2.24, 2.45) is 0 Å². The second kappa shape index (κ2) is 6.70. The predicted octanol–water partition coefficient (Wildman–Crippen LogP) is 4.48. The van der Waals surface area contributed by atoms with Gasteiger partial charge in [-0.3, -0.25) is 4.90 Å². The van der Waals surface area contributed by atoms with Crippen LogP contribution in [-0.4, -0.2) is 35.8 Å². The first-order valence-corrected chi connectivity index (χ1v) is 8.79. The van der Waals surface area contributed by atoms with E-state index in [0.29, 0.717) is 12.2 Å². The summed E-state index contributed by atoms with van der Waals surface area (Å²) >= 11 is 0. The number of hydrogen-bond donors (Lipinski definition) is 0. The minimum atomic E-state index is -0.487. The highest BCUT2D eigenvalue weighted by atomic mass is 19.1. The third kappa shape index (κ3) is 4.14. The Labute approximate surface area is 148 Å². The molecule has 2 aliphatic rings. The number of fused-ring (bicyclic) bond motifs is 2. The Hall–Kier alpha value is -2.04. The number of carbonyl (C=O) groups is 1. The quantitative estimate of drug-likeness (QED) is 0.757. The van der Waals surface area contributed by atoms with Crippen molar-refractivity contribution >= 4 is 6.09 Å². The number of carbonyl (C=O) groups excluding carboxylic acids is 1. The molecule has 1 amide bonds. The van der Waals surface area contributed by atoms with Gasteiger partial charge in [0.05, 0.1) is 13.2 Å². The van der Waals surface area contributed by atoms with Crippen LogP contribution >= 0.6 is 0 Å². The molecule has 2 aliphatic heterocycles. The van der Waals surface area contributed by atoms with E-state index in [1.54, 1.807) is 6.07 Å². The third-order valence-electron chi connectivity index (χ3n) is 4.67. The third-order valence-corrected chi connectivity index (χ3v) is 4.67. The number of ether oxygens (including phenoxy) is 2. The molecule has 0 spiro atoms. The van der Waals surface area contributed by atoms with Crippen molar-refractivity contribution in [1.82, 2.24) is 4.90 Å². The second-order valence-electron chi connectivity index (χ2n) is 7.89. The summed E-state index contributed by atoms with van der Waals surface area (Å²) in [7, 11) is 1.54. The van der Waals surface area contributed by atoms with Crippen LogP contribution in [0.15, 0.2) is 29.8 Å². The van der Waals surface area contributed by atoms with Crippen molar-refractivity contribution in [3.63, 3.8) is 0 Å². The molecule has 2 heterocycles. The van der Waals surface area contributed by atoms with Crippen LogP contribution in [-0.2, 0) is 11.2 Å². The maximum Gasteiger partial charge on any atom is 0.411 e. The summed E-state index contributed by atoms with van der Waals surface area (Å²) in [6.07, 6.45) is 5.36. The lowest BCUT2D eigenvalue weighted by atomic mass is 9.95. The van der Waals surface area contributed by atoms with Crippen LogP contribution in [0.4, 0.5) is 9.18 Å². The number of nitrogens with zero attached hydrogens (tertiary/aromatic N) is 1. The van der Waals surface area contributed by atoms with Crippen LogP contribution in [0.25, 0.3) is 0 Å². The first-order chi connectivity index (χ1) is 11.7. The molecule has 0 N–H and O–H groups in total. The highest BCUT2D eigenvalue weighted by Gasteiger charge is 2.41. The second-order valence-corrected chi connectivity index (χ2v) is 7.89. The molecule has 3 rings (SSSR count). The summed E-state index contributed by atoms with van der Waals surface area (Å²) in [5, 5.41) is 0. The molecule has 5 heteroatoms. The Bertz CT molecular complexity index is 693. The van der Waals surface area contributed by atoms with Crippen molar-refractivity contribution in [1.29, 1.82) is 0 Å². The van der Waals surface area contributed by atoms with Gasteiger partial charge in [0.2, 0.25) is 0 Å². The molecule has 2 atom stereocenters. The number of methoxy groups -OCH3 is 1. The fraction of sp³-hybridized carbons (Fsp3) is 0.550. The van der Waals surface area contributed by atoms with E-state index >= 15 is 0 Å². The number of rotatable bonds is 3. The van der Waals surface area contributed by atoms with E-state index in [0.717, 1.165) is 24.8 Å². The summed E-state index contributed by atoms with van der Waals surface area (Å²) in [4.78, 5) is 14.4. The predicted molar refractivity (Wildman–Crippen MR) is 94.2 cm³/mol. The zero-order valence-corrected chi connectivity index (χ0v) is 15.3. The van der Waals surface area contributed by atoms with Gasteiger partial charge in [0.25, 0.3) is 0 Å². The molecule has 0 aliphatic carbocycles. The summed E-state index contributed by atoms with van der Waals surface area (Å²) < 4.78 is 24.4. The lowest BCUT2D eigenvalue weighted by Crippen LogP contribution is -2.45. The summed E-state index contributed by atoms with van der Waals surface area (Å²) in [6, 6.07) is 5.05. The SMILES string of the molecule is COc1cc(F)cc(CC2=CC3CCC(C2)N3C(=O)OC(C)(C)C)c1. The Morgan fingerprint density at radius 3 is 2.68 bits per heavy atom. The van der Waals surface area contributed by atoms with E-state index < -0.39 is 5.60 Å². The smallest absolute Gasteiger partial charge is 0.411 e. The normalized spacial score (nSPS) is 22.6. The molecule has 0 radical (unpaired) electrons. The van der Waals surface area contributed by atoms with Gasteiger partial charge in [0, 0.05) is 12.1 Å². The van der Waals surface area contributed by atoms with Crippen molar-refractivity contribution < 1.29 is 18.7 Å². The molecule has 25 heavy (non-hydrogen) atoms. The molecule has 1 aromatic carbocycles. The topological polar surface area (TPSA) is 38.8 Å². The largest absolute Gasteiger partial charge is 0.497 e. The van der Waals surface area contributed by atoms with Gasteiger partial charge in [0.1, 0.15) is 17.2 Å². The van der Waals surface area contributed by atoms with E-state index in [2.05, 4.69) is 6.08 Å². The lowest BCUT2D eigenvalue weighted by Gasteiger charge is -2.35. The van der Waals surface area contributed by atoms with E-state index in [1.807, 2.05) is 31.7 Å². The number of hydrogen-bond acceptors (Lipinski definition) is 3. The van der Waals surface area contributed by atoms with E-state index in [-0.39, 0.29) is 24.0 Å². The van der Waals surface area contributed by atoms with Gasteiger partial charge in [0.15, 0.2) is 0 Å². The fourth-order valence-electron chi connectivity index (χ4n) is 3.75. The van der Waals surface area contributed by atoms with Crippen LogP contribution < -0.4 is 4.74 Å². The van der Waals surface area contributed by atoms with Crippen LogP contribution in [0.1, 0.15) is 45.6 Å². The van der Waals surface area contributed by atoms with Gasteiger partial charge in [-0.15, -0.1) is 0 Å². The Kier molecular flexibility index (Phi) is 4.76. The first kappa shape index (κ1) is 17.8. The zero-order chi connectivity index (χ0) is 18.2. The molecule has 0 saturated carbocycles. The molecule has 1 saturated heterocycles. The van der Waals surface area contributed by atoms with Gasteiger partial charge >= 0.3 is 6.09 Å². The maximum atomic E-state index is 13.7. The van der Waals surface area contributed by atoms with Crippen LogP contribution in [0.5, 0.6) is 5.75 Å². The zero-order valence-electron chi connectivity index (χ0n) is 15.3. The Morgan fingerprint density at radius 2 is 2.04 bits per heavy atom. The molecule has 4 nitrogen and oxygen atoms in total. The molecule has 136 valence electrons. The number of benzene rings is 1. The molecule has 1 fully saturated rings. The Balaban J connectivity index is 1.74. The molecular formula is C20H26FNO3. The van der Waals surface area contributed by atoms with E-state index in [4.69, 9.17) is 9.47 Å². The van der Waals surface area contributed by atoms with Gasteiger partial charge in [-0.2, -0.15) is 0 Å². The van der Waals surface area contributed by atoms with Gasteiger partial charge in [-0.1, -0.05) is 11.6 Å². The minimum Gasteiger partial charge on any atom is -0.497 e. The standard InChI is InChI=1S/C20H26FNO3/c1-20(2,3)25-19(23)22-16-5-6-17(22)10-14(9-16)7-13-8-15(21)12-18(11-13)24-4/h8-9,11-12,16-17H,5-7,10H2,1-4H3. The highest BCUT2D eigenvalue weighted by Crippen LogP contribution is 2.37. The van der Waals surface area contributed by atoms with E-state index in [1.165, 1.54) is 18.7 Å². The summed E-state index contributed by atoms with van der Waals surface area (Å²) in [5.41, 5.74) is 1.66. The van der Waals surface area contributed by atoms with Crippen molar-refractivity contribution in [3.05, 3.63) is 41.2 Å². The molecule has 2 bridgehead atoms. The van der Waals surface area contributed by atoms with E-state index in [9.17, 15) is 9.18 Å². The lowest BCUT2D eigenvalue weighted by molar-refractivity contribution is 0.0166. The summed E-state index contributed by atoms with van der Waals surface area (Å²) in [5.74, 6) is 0.244. The average Bonchev–Trinajstić information content (AvgIpc) is 2.76. The van der Waals surface area contributed by atoms with Crippen LogP contribution in [0.2, 0.25) is 0 Å². The van der Waals surface area contributed by atoms with Crippen molar-refractivity contribution in [2.75, 3.05) is 7.11 Å². The number of halogens is 1. The van der Waals surface area contributed by atoms with Gasteiger partial charge in [-0.05, 0) is 64.2 Å². The van der Waals surface area contributed by atoms with Crippen molar-refractivity contribution in [2.45, 2.75) is 64.1 Å². The average molecular weight is 347 g/mol. The summed E-state index contributed by atoms with van der Waals surface area (Å²) in [6.45, 7) is 5.65. The van der Waals surface area contributed by atoms with Gasteiger partial charge < -0.3 is 9.47 Å². The van der Waals surface area contributed by atoms with Gasteiger partial charge in [-0.25, -0.2) is 9.18 Å². The molecule has 0 aromatic heterocycles. The van der Waals surface area contributed by atoms with Crippen molar-refractivity contribution in [3.8, 4) is 5.75 Å².